The van der Waals surface area contributed by atoms with Crippen molar-refractivity contribution >= 4 is 11.3 Å². The van der Waals surface area contributed by atoms with Crippen molar-refractivity contribution in [3.05, 3.63) is 33.0 Å². The van der Waals surface area contributed by atoms with Crippen LogP contribution < -0.4 is 5.32 Å². The standard InChI is InChI=1S/C15H24N4S/c1-6-7-16-14(13-9-17-19(5)11(13)3)8-15-18-10(2)12(4)20-15/h9,14,16H,6-8H2,1-5H3. The molecule has 0 aliphatic rings. The minimum Gasteiger partial charge on any atom is -0.309 e. The van der Waals surface area contributed by atoms with E-state index in [0.29, 0.717) is 6.04 Å². The number of hydrogen-bond donors (Lipinski definition) is 1. The molecule has 1 N–H and O–H groups in total. The molecule has 2 heterocycles. The molecule has 0 aromatic carbocycles. The number of rotatable bonds is 6. The van der Waals surface area contributed by atoms with E-state index in [0.717, 1.165) is 25.1 Å². The van der Waals surface area contributed by atoms with Gasteiger partial charge in [-0.1, -0.05) is 6.92 Å². The fourth-order valence-corrected chi connectivity index (χ4v) is 3.25. The summed E-state index contributed by atoms with van der Waals surface area (Å²) in [4.78, 5) is 5.99. The van der Waals surface area contributed by atoms with E-state index in [4.69, 9.17) is 0 Å². The van der Waals surface area contributed by atoms with E-state index in [2.05, 4.69) is 43.1 Å². The Balaban J connectivity index is 2.21. The van der Waals surface area contributed by atoms with E-state index in [1.54, 1.807) is 11.3 Å². The molecule has 5 heteroatoms. The maximum absolute atomic E-state index is 4.67. The third kappa shape index (κ3) is 3.27. The highest BCUT2D eigenvalue weighted by Gasteiger charge is 2.18. The molecule has 0 bridgehead atoms. The van der Waals surface area contributed by atoms with Crippen LogP contribution in [0.1, 0.15) is 46.2 Å². The Bertz CT molecular complexity index is 551. The molecule has 0 aliphatic carbocycles. The molecule has 4 nitrogen and oxygen atoms in total. The molecular weight excluding hydrogens is 268 g/mol. The summed E-state index contributed by atoms with van der Waals surface area (Å²) >= 11 is 1.81. The molecule has 0 radical (unpaired) electrons. The summed E-state index contributed by atoms with van der Waals surface area (Å²) in [6.45, 7) is 9.56. The molecule has 2 aromatic rings. The second-order valence-corrected chi connectivity index (χ2v) is 6.56. The van der Waals surface area contributed by atoms with Crippen LogP contribution >= 0.6 is 11.3 Å². The average Bonchev–Trinajstić information content (AvgIpc) is 2.90. The predicted molar refractivity (Wildman–Crippen MR) is 84.3 cm³/mol. The molecule has 0 saturated heterocycles. The number of nitrogens with zero attached hydrogens (tertiary/aromatic N) is 3. The second kappa shape index (κ2) is 6.50. The molecule has 2 aromatic heterocycles. The third-order valence-corrected chi connectivity index (χ3v) is 4.84. The third-order valence-electron chi connectivity index (χ3n) is 3.74. The van der Waals surface area contributed by atoms with Crippen molar-refractivity contribution in [1.29, 1.82) is 0 Å². The van der Waals surface area contributed by atoms with E-state index in [9.17, 15) is 0 Å². The van der Waals surface area contributed by atoms with Crippen LogP contribution in [0, 0.1) is 20.8 Å². The van der Waals surface area contributed by atoms with Crippen LogP contribution in [0.2, 0.25) is 0 Å². The highest BCUT2D eigenvalue weighted by Crippen LogP contribution is 2.25. The van der Waals surface area contributed by atoms with Gasteiger partial charge in [0.2, 0.25) is 0 Å². The van der Waals surface area contributed by atoms with Crippen LogP contribution in [0.25, 0.3) is 0 Å². The van der Waals surface area contributed by atoms with Crippen LogP contribution in [0.3, 0.4) is 0 Å². The average molecular weight is 292 g/mol. The summed E-state index contributed by atoms with van der Waals surface area (Å²) in [6, 6.07) is 0.300. The van der Waals surface area contributed by atoms with Gasteiger partial charge in [-0.25, -0.2) is 4.98 Å². The lowest BCUT2D eigenvalue weighted by molar-refractivity contribution is 0.525. The SMILES string of the molecule is CCCNC(Cc1nc(C)c(C)s1)c1cnn(C)c1C. The van der Waals surface area contributed by atoms with Crippen LogP contribution in [-0.4, -0.2) is 21.3 Å². The molecule has 0 fully saturated rings. The van der Waals surface area contributed by atoms with E-state index in [1.165, 1.54) is 21.1 Å². The second-order valence-electron chi connectivity index (χ2n) is 5.27. The molecule has 0 saturated carbocycles. The Morgan fingerprint density at radius 3 is 2.60 bits per heavy atom. The van der Waals surface area contributed by atoms with E-state index in [1.807, 2.05) is 17.9 Å². The van der Waals surface area contributed by atoms with Crippen LogP contribution in [0.4, 0.5) is 0 Å². The lowest BCUT2D eigenvalue weighted by Crippen LogP contribution is -2.24. The molecule has 20 heavy (non-hydrogen) atoms. The highest BCUT2D eigenvalue weighted by atomic mass is 32.1. The van der Waals surface area contributed by atoms with Gasteiger partial charge < -0.3 is 5.32 Å². The molecular formula is C15H24N4S. The smallest absolute Gasteiger partial charge is 0.0949 e. The largest absolute Gasteiger partial charge is 0.309 e. The summed E-state index contributed by atoms with van der Waals surface area (Å²) in [5.74, 6) is 0. The van der Waals surface area contributed by atoms with Gasteiger partial charge in [-0.2, -0.15) is 5.10 Å². The zero-order valence-electron chi connectivity index (χ0n) is 13.0. The first-order valence-electron chi connectivity index (χ1n) is 7.17. The Kier molecular flexibility index (Phi) is 4.94. The Labute approximate surface area is 125 Å². The number of thiazole rings is 1. The van der Waals surface area contributed by atoms with Crippen molar-refractivity contribution in [2.24, 2.45) is 7.05 Å². The topological polar surface area (TPSA) is 42.7 Å². The summed E-state index contributed by atoms with van der Waals surface area (Å²) < 4.78 is 1.94. The van der Waals surface area contributed by atoms with Crippen molar-refractivity contribution in [2.45, 2.75) is 46.6 Å². The van der Waals surface area contributed by atoms with Gasteiger partial charge in [-0.15, -0.1) is 11.3 Å². The summed E-state index contributed by atoms with van der Waals surface area (Å²) in [6.07, 6.45) is 4.05. The maximum Gasteiger partial charge on any atom is 0.0949 e. The molecule has 1 unspecified atom stereocenters. The van der Waals surface area contributed by atoms with Gasteiger partial charge in [0.05, 0.1) is 16.9 Å². The Morgan fingerprint density at radius 2 is 2.10 bits per heavy atom. The van der Waals surface area contributed by atoms with Crippen LogP contribution in [0.15, 0.2) is 6.20 Å². The first kappa shape index (κ1) is 15.2. The van der Waals surface area contributed by atoms with Gasteiger partial charge in [0.25, 0.3) is 0 Å². The Hall–Kier alpha value is -1.20. The molecule has 0 spiro atoms. The number of aryl methyl sites for hydroxylation is 3. The van der Waals surface area contributed by atoms with Gasteiger partial charge in [0.1, 0.15) is 0 Å². The van der Waals surface area contributed by atoms with Crippen molar-refractivity contribution in [3.63, 3.8) is 0 Å². The van der Waals surface area contributed by atoms with Crippen molar-refractivity contribution in [2.75, 3.05) is 6.54 Å². The van der Waals surface area contributed by atoms with Gasteiger partial charge in [-0.3, -0.25) is 4.68 Å². The molecule has 0 aliphatic heterocycles. The lowest BCUT2D eigenvalue weighted by atomic mass is 10.0. The van der Waals surface area contributed by atoms with Gasteiger partial charge in [-0.05, 0) is 33.7 Å². The van der Waals surface area contributed by atoms with Crippen molar-refractivity contribution in [3.8, 4) is 0 Å². The minimum atomic E-state index is 0.300. The monoisotopic (exact) mass is 292 g/mol. The van der Waals surface area contributed by atoms with E-state index in [-0.39, 0.29) is 0 Å². The normalized spacial score (nSPS) is 12.8. The summed E-state index contributed by atoms with van der Waals surface area (Å²) in [5.41, 5.74) is 3.66. The Morgan fingerprint density at radius 1 is 1.35 bits per heavy atom. The zero-order valence-corrected chi connectivity index (χ0v) is 13.8. The molecule has 110 valence electrons. The van der Waals surface area contributed by atoms with Crippen molar-refractivity contribution < 1.29 is 0 Å². The maximum atomic E-state index is 4.67. The van der Waals surface area contributed by atoms with Gasteiger partial charge in [0, 0.05) is 35.6 Å². The van der Waals surface area contributed by atoms with E-state index < -0.39 is 0 Å². The first-order valence-corrected chi connectivity index (χ1v) is 7.99. The number of hydrogen-bond acceptors (Lipinski definition) is 4. The van der Waals surface area contributed by atoms with Crippen molar-refractivity contribution in [1.82, 2.24) is 20.1 Å². The molecule has 2 rings (SSSR count). The zero-order chi connectivity index (χ0) is 14.7. The van der Waals surface area contributed by atoms with Crippen LogP contribution in [-0.2, 0) is 13.5 Å². The highest BCUT2D eigenvalue weighted by molar-refractivity contribution is 7.11. The molecule has 1 atom stereocenters. The van der Waals surface area contributed by atoms with E-state index >= 15 is 0 Å². The fourth-order valence-electron chi connectivity index (χ4n) is 2.27. The summed E-state index contributed by atoms with van der Waals surface area (Å²) in [7, 11) is 1.99. The number of aromatic nitrogens is 3. The quantitative estimate of drug-likeness (QED) is 0.889. The molecule has 0 amide bonds. The number of nitrogens with one attached hydrogen (secondary N) is 1. The van der Waals surface area contributed by atoms with Gasteiger partial charge in [0.15, 0.2) is 0 Å². The minimum absolute atomic E-state index is 0.300. The lowest BCUT2D eigenvalue weighted by Gasteiger charge is -2.17. The first-order chi connectivity index (χ1) is 9.52. The predicted octanol–water partition coefficient (Wildman–Crippen LogP) is 3.09. The van der Waals surface area contributed by atoms with Gasteiger partial charge >= 0.3 is 0 Å². The summed E-state index contributed by atoms with van der Waals surface area (Å²) in [5, 5.41) is 9.21. The van der Waals surface area contributed by atoms with Crippen LogP contribution in [0.5, 0.6) is 0 Å². The fraction of sp³-hybridized carbons (Fsp3) is 0.600.